The number of nitrogens with two attached hydrogens (primary N) is 1. The molecule has 0 saturated heterocycles. The van der Waals surface area contributed by atoms with E-state index in [0.29, 0.717) is 17.1 Å². The molecule has 0 radical (unpaired) electrons. The number of aliphatic carboxylic acids is 1. The summed E-state index contributed by atoms with van der Waals surface area (Å²) in [6.45, 7) is 0. The van der Waals surface area contributed by atoms with Crippen molar-refractivity contribution < 1.29 is 14.7 Å². The Bertz CT molecular complexity index is 393. The number of carbonyl (C=O) groups excluding carboxylic acids is 1. The Morgan fingerprint density at radius 3 is 2.62 bits per heavy atom. The van der Waals surface area contributed by atoms with Crippen LogP contribution in [0.2, 0.25) is 0 Å². The summed E-state index contributed by atoms with van der Waals surface area (Å²) < 4.78 is 0. The van der Waals surface area contributed by atoms with Gasteiger partial charge in [-0.05, 0) is 11.6 Å². The fraction of sp³-hybridized carbons (Fsp3) is 0.273. The van der Waals surface area contributed by atoms with Crippen LogP contribution in [0.25, 0.3) is 0 Å². The number of amides is 1. The lowest BCUT2D eigenvalue weighted by Crippen LogP contribution is -2.13. The minimum atomic E-state index is -0.810. The monoisotopic (exact) mass is 239 g/mol. The third-order valence-electron chi connectivity index (χ3n) is 2.00. The van der Waals surface area contributed by atoms with Crippen molar-refractivity contribution in [2.24, 2.45) is 5.73 Å². The van der Waals surface area contributed by atoms with Gasteiger partial charge in [-0.1, -0.05) is 18.2 Å². The second-order valence-corrected chi connectivity index (χ2v) is 4.32. The van der Waals surface area contributed by atoms with Crippen LogP contribution < -0.4 is 5.73 Å². The van der Waals surface area contributed by atoms with E-state index < -0.39 is 11.9 Å². The van der Waals surface area contributed by atoms with Crippen LogP contribution in [-0.2, 0) is 10.5 Å². The molecule has 5 heteroatoms. The van der Waals surface area contributed by atoms with Crippen LogP contribution in [0.15, 0.2) is 24.3 Å². The molecule has 16 heavy (non-hydrogen) atoms. The number of hydrogen-bond acceptors (Lipinski definition) is 3. The van der Waals surface area contributed by atoms with Gasteiger partial charge in [0.1, 0.15) is 0 Å². The van der Waals surface area contributed by atoms with E-state index >= 15 is 0 Å². The Hall–Kier alpha value is -1.49. The number of rotatable bonds is 6. The summed E-state index contributed by atoms with van der Waals surface area (Å²) in [5, 5.41) is 8.47. The molecule has 0 aliphatic rings. The number of benzene rings is 1. The van der Waals surface area contributed by atoms with Gasteiger partial charge in [0.15, 0.2) is 0 Å². The normalized spacial score (nSPS) is 10.0. The number of hydrogen-bond donors (Lipinski definition) is 2. The van der Waals surface area contributed by atoms with Crippen molar-refractivity contribution in [1.82, 2.24) is 0 Å². The van der Waals surface area contributed by atoms with E-state index in [-0.39, 0.29) is 6.42 Å². The van der Waals surface area contributed by atoms with Gasteiger partial charge in [-0.15, -0.1) is 0 Å². The van der Waals surface area contributed by atoms with Crippen LogP contribution in [0.3, 0.4) is 0 Å². The van der Waals surface area contributed by atoms with Gasteiger partial charge >= 0.3 is 5.97 Å². The predicted octanol–water partition coefficient (Wildman–Crippen LogP) is 1.49. The van der Waals surface area contributed by atoms with Gasteiger partial charge in [-0.3, -0.25) is 9.59 Å². The summed E-state index contributed by atoms with van der Waals surface area (Å²) in [6, 6.07) is 7.09. The lowest BCUT2D eigenvalue weighted by molar-refractivity contribution is -0.136. The first-order chi connectivity index (χ1) is 7.61. The van der Waals surface area contributed by atoms with Gasteiger partial charge in [0.25, 0.3) is 0 Å². The maximum absolute atomic E-state index is 11.1. The summed E-state index contributed by atoms with van der Waals surface area (Å²) in [7, 11) is 0. The van der Waals surface area contributed by atoms with Gasteiger partial charge in [-0.25, -0.2) is 0 Å². The van der Waals surface area contributed by atoms with Crippen LogP contribution in [0.1, 0.15) is 22.3 Å². The molecule has 0 aliphatic heterocycles. The topological polar surface area (TPSA) is 80.4 Å². The lowest BCUT2D eigenvalue weighted by Gasteiger charge is -2.05. The maximum atomic E-state index is 11.1. The van der Waals surface area contributed by atoms with E-state index in [1.54, 1.807) is 12.1 Å². The Kier molecular flexibility index (Phi) is 4.85. The number of carboxylic acid groups (broad SMARTS) is 1. The molecule has 3 N–H and O–H groups in total. The van der Waals surface area contributed by atoms with E-state index in [1.807, 2.05) is 12.1 Å². The highest BCUT2D eigenvalue weighted by Crippen LogP contribution is 2.16. The Balaban J connectivity index is 2.53. The molecule has 0 spiro atoms. The van der Waals surface area contributed by atoms with E-state index in [2.05, 4.69) is 0 Å². The molecule has 1 rings (SSSR count). The average molecular weight is 239 g/mol. The first-order valence-electron chi connectivity index (χ1n) is 4.78. The van der Waals surface area contributed by atoms with E-state index in [1.165, 1.54) is 11.8 Å². The zero-order valence-corrected chi connectivity index (χ0v) is 9.50. The van der Waals surface area contributed by atoms with Crippen LogP contribution in [-0.4, -0.2) is 22.7 Å². The molecule has 4 nitrogen and oxygen atoms in total. The zero-order valence-electron chi connectivity index (χ0n) is 8.68. The second kappa shape index (κ2) is 6.17. The molecule has 0 saturated carbocycles. The molecular weight excluding hydrogens is 226 g/mol. The minimum absolute atomic E-state index is 0.128. The molecule has 0 aliphatic carbocycles. The summed E-state index contributed by atoms with van der Waals surface area (Å²) >= 11 is 1.48. The van der Waals surface area contributed by atoms with Gasteiger partial charge in [-0.2, -0.15) is 11.8 Å². The van der Waals surface area contributed by atoms with Crippen LogP contribution in [0.4, 0.5) is 0 Å². The molecule has 1 aromatic carbocycles. The van der Waals surface area contributed by atoms with E-state index in [0.717, 1.165) is 5.56 Å². The largest absolute Gasteiger partial charge is 0.481 e. The molecule has 0 fully saturated rings. The highest BCUT2D eigenvalue weighted by Gasteiger charge is 2.06. The molecular formula is C11H13NO3S. The van der Waals surface area contributed by atoms with Crippen molar-refractivity contribution in [3.63, 3.8) is 0 Å². The van der Waals surface area contributed by atoms with Crippen molar-refractivity contribution in [3.8, 4) is 0 Å². The third-order valence-corrected chi connectivity index (χ3v) is 3.01. The summed E-state index contributed by atoms with van der Waals surface area (Å²) in [5.74, 6) is -0.125. The molecule has 86 valence electrons. The molecule has 0 heterocycles. The molecule has 0 atom stereocenters. The van der Waals surface area contributed by atoms with Gasteiger partial charge in [0.2, 0.25) is 5.91 Å². The highest BCUT2D eigenvalue weighted by atomic mass is 32.2. The van der Waals surface area contributed by atoms with Crippen molar-refractivity contribution >= 4 is 23.6 Å². The molecule has 0 bridgehead atoms. The van der Waals surface area contributed by atoms with Crippen molar-refractivity contribution in [2.75, 3.05) is 5.75 Å². The first-order valence-corrected chi connectivity index (χ1v) is 5.94. The Labute approximate surface area is 97.8 Å². The fourth-order valence-electron chi connectivity index (χ4n) is 1.23. The zero-order chi connectivity index (χ0) is 12.0. The van der Waals surface area contributed by atoms with Crippen LogP contribution >= 0.6 is 11.8 Å². The van der Waals surface area contributed by atoms with Crippen molar-refractivity contribution in [2.45, 2.75) is 12.2 Å². The summed E-state index contributed by atoms with van der Waals surface area (Å²) in [4.78, 5) is 21.4. The van der Waals surface area contributed by atoms with Crippen molar-refractivity contribution in [1.29, 1.82) is 0 Å². The standard InChI is InChI=1S/C11H13NO3S/c12-11(15)9-4-2-1-3-8(9)7-16-6-5-10(13)14/h1-4H,5-7H2,(H2,12,15)(H,13,14). The summed E-state index contributed by atoms with van der Waals surface area (Å²) in [6.07, 6.45) is 0.128. The van der Waals surface area contributed by atoms with Crippen LogP contribution in [0.5, 0.6) is 0 Å². The SMILES string of the molecule is NC(=O)c1ccccc1CSCCC(=O)O. The fourth-order valence-corrected chi connectivity index (χ4v) is 2.16. The van der Waals surface area contributed by atoms with Gasteiger partial charge < -0.3 is 10.8 Å². The third kappa shape index (κ3) is 3.94. The smallest absolute Gasteiger partial charge is 0.304 e. The van der Waals surface area contributed by atoms with E-state index in [9.17, 15) is 9.59 Å². The minimum Gasteiger partial charge on any atom is -0.481 e. The lowest BCUT2D eigenvalue weighted by atomic mass is 10.1. The second-order valence-electron chi connectivity index (χ2n) is 3.22. The maximum Gasteiger partial charge on any atom is 0.304 e. The molecule has 1 amide bonds. The van der Waals surface area contributed by atoms with Crippen LogP contribution in [0, 0.1) is 0 Å². The molecule has 0 unspecified atom stereocenters. The van der Waals surface area contributed by atoms with Gasteiger partial charge in [0.05, 0.1) is 6.42 Å². The summed E-state index contributed by atoms with van der Waals surface area (Å²) in [5.41, 5.74) is 6.58. The average Bonchev–Trinajstić information content (AvgIpc) is 2.24. The molecule has 1 aromatic rings. The number of thioether (sulfide) groups is 1. The van der Waals surface area contributed by atoms with Gasteiger partial charge in [0, 0.05) is 17.1 Å². The van der Waals surface area contributed by atoms with Crippen molar-refractivity contribution in [3.05, 3.63) is 35.4 Å². The first kappa shape index (κ1) is 12.6. The van der Waals surface area contributed by atoms with E-state index in [4.69, 9.17) is 10.8 Å². The quantitative estimate of drug-likeness (QED) is 0.737. The predicted molar refractivity (Wildman–Crippen MR) is 63.4 cm³/mol. The molecule has 0 aromatic heterocycles. The Morgan fingerprint density at radius 1 is 1.31 bits per heavy atom. The highest BCUT2D eigenvalue weighted by molar-refractivity contribution is 7.98. The number of primary amides is 1. The number of carboxylic acids is 1. The Morgan fingerprint density at radius 2 is 2.00 bits per heavy atom. The number of carbonyl (C=O) groups is 2.